The highest BCUT2D eigenvalue weighted by Gasteiger charge is 2.50. The molecule has 4 rings (SSSR count). The molecule has 1 N–H and O–H groups in total. The molecule has 0 spiro atoms. The highest BCUT2D eigenvalue weighted by Crippen LogP contribution is 2.34. The summed E-state index contributed by atoms with van der Waals surface area (Å²) in [6, 6.07) is 15.8. The van der Waals surface area contributed by atoms with Crippen molar-refractivity contribution in [2.75, 3.05) is 13.7 Å². The summed E-state index contributed by atoms with van der Waals surface area (Å²) in [5, 5.41) is 0. The second kappa shape index (κ2) is 11.0. The maximum absolute atomic E-state index is 13.4. The van der Waals surface area contributed by atoms with Gasteiger partial charge in [0.25, 0.3) is 5.56 Å². The predicted molar refractivity (Wildman–Crippen MR) is 123 cm³/mol. The fourth-order valence-electron chi connectivity index (χ4n) is 3.92. The number of halogens is 3. The van der Waals surface area contributed by atoms with Gasteiger partial charge in [-0.15, -0.1) is 0 Å². The summed E-state index contributed by atoms with van der Waals surface area (Å²) in [5.41, 5.74) is -4.12. The van der Waals surface area contributed by atoms with Crippen molar-refractivity contribution in [3.05, 3.63) is 104 Å². The van der Waals surface area contributed by atoms with E-state index in [-0.39, 0.29) is 11.1 Å². The highest BCUT2D eigenvalue weighted by molar-refractivity contribution is 5.90. The molecule has 200 valence electrons. The predicted octanol–water partition coefficient (Wildman–Crippen LogP) is 2.55. The van der Waals surface area contributed by atoms with E-state index in [1.54, 1.807) is 41.4 Å². The number of carbonyl (C=O) groups is 2. The van der Waals surface area contributed by atoms with Gasteiger partial charge in [0.05, 0.1) is 11.1 Å². The van der Waals surface area contributed by atoms with E-state index in [9.17, 15) is 32.3 Å². The maximum atomic E-state index is 13.4. The van der Waals surface area contributed by atoms with Gasteiger partial charge >= 0.3 is 23.8 Å². The van der Waals surface area contributed by atoms with Gasteiger partial charge < -0.3 is 18.9 Å². The van der Waals surface area contributed by atoms with Crippen molar-refractivity contribution in [2.45, 2.75) is 30.7 Å². The minimum atomic E-state index is -5.08. The number of methoxy groups -OCH3 is 1. The van der Waals surface area contributed by atoms with Crippen LogP contribution in [-0.2, 0) is 25.1 Å². The van der Waals surface area contributed by atoms with Crippen LogP contribution in [0, 0.1) is 0 Å². The monoisotopic (exact) mass is 534 g/mol. The number of carbonyl (C=O) groups excluding carboxylic acids is 2. The number of hydrogen-bond acceptors (Lipinski definition) is 8. The Morgan fingerprint density at radius 3 is 2.08 bits per heavy atom. The van der Waals surface area contributed by atoms with E-state index in [0.29, 0.717) is 10.8 Å². The Kier molecular flexibility index (Phi) is 7.78. The van der Waals surface area contributed by atoms with E-state index in [4.69, 9.17) is 18.9 Å². The van der Waals surface area contributed by atoms with Gasteiger partial charge in [0.15, 0.2) is 12.3 Å². The average Bonchev–Trinajstić information content (AvgIpc) is 3.24. The molecule has 2 heterocycles. The lowest BCUT2D eigenvalue weighted by Crippen LogP contribution is -2.42. The average molecular weight is 534 g/mol. The number of rotatable bonds is 7. The van der Waals surface area contributed by atoms with E-state index >= 15 is 0 Å². The van der Waals surface area contributed by atoms with E-state index in [1.165, 1.54) is 31.4 Å². The zero-order chi connectivity index (χ0) is 27.4. The number of alkyl halides is 3. The Hall–Kier alpha value is -4.23. The van der Waals surface area contributed by atoms with Crippen LogP contribution in [0.4, 0.5) is 13.2 Å². The van der Waals surface area contributed by atoms with Crippen LogP contribution in [0.5, 0.6) is 0 Å². The van der Waals surface area contributed by atoms with Gasteiger partial charge in [0.1, 0.15) is 24.4 Å². The summed E-state index contributed by atoms with van der Waals surface area (Å²) in [6.07, 6.45) is -10.3. The van der Waals surface area contributed by atoms with E-state index in [0.717, 1.165) is 0 Å². The first-order valence-electron chi connectivity index (χ1n) is 11.2. The molecule has 2 aromatic carbocycles. The second-order valence-electron chi connectivity index (χ2n) is 8.17. The smallest absolute Gasteiger partial charge is 0.423 e. The van der Waals surface area contributed by atoms with Gasteiger partial charge in [-0.1, -0.05) is 36.4 Å². The van der Waals surface area contributed by atoms with Crippen LogP contribution in [-0.4, -0.2) is 53.5 Å². The van der Waals surface area contributed by atoms with Crippen LogP contribution in [0.1, 0.15) is 32.5 Å². The number of aromatic amines is 1. The van der Waals surface area contributed by atoms with Crippen LogP contribution in [0.25, 0.3) is 0 Å². The number of aromatic nitrogens is 2. The van der Waals surface area contributed by atoms with Crippen molar-refractivity contribution in [3.63, 3.8) is 0 Å². The van der Waals surface area contributed by atoms with Crippen molar-refractivity contribution in [2.24, 2.45) is 0 Å². The Morgan fingerprint density at radius 1 is 0.947 bits per heavy atom. The SMILES string of the molecule is CO[C@@H]1[C@H](OC(=O)c2ccccc2)[C@@H](COC(=O)c2ccccc2)O[C@H]1n1cc(C(F)(F)F)c(=O)[nH]c1=O. The zero-order valence-electron chi connectivity index (χ0n) is 19.7. The number of hydrogen-bond donors (Lipinski definition) is 1. The highest BCUT2D eigenvalue weighted by atomic mass is 19.4. The quantitative estimate of drug-likeness (QED) is 0.459. The van der Waals surface area contributed by atoms with Crippen LogP contribution in [0.3, 0.4) is 0 Å². The van der Waals surface area contributed by atoms with Gasteiger partial charge in [-0.3, -0.25) is 14.3 Å². The molecule has 1 saturated heterocycles. The first-order valence-corrected chi connectivity index (χ1v) is 11.2. The van der Waals surface area contributed by atoms with Gasteiger partial charge in [-0.2, -0.15) is 13.2 Å². The minimum Gasteiger partial charge on any atom is -0.459 e. The molecule has 13 heteroatoms. The molecule has 1 aliphatic heterocycles. The van der Waals surface area contributed by atoms with Crippen LogP contribution >= 0.6 is 0 Å². The Balaban J connectivity index is 1.67. The topological polar surface area (TPSA) is 126 Å². The van der Waals surface area contributed by atoms with Gasteiger partial charge in [-0.05, 0) is 24.3 Å². The van der Waals surface area contributed by atoms with Crippen molar-refractivity contribution < 1.29 is 41.7 Å². The van der Waals surface area contributed by atoms with Gasteiger partial charge in [0.2, 0.25) is 0 Å². The summed E-state index contributed by atoms with van der Waals surface area (Å²) < 4.78 is 62.6. The third kappa shape index (κ3) is 5.68. The molecule has 0 bridgehead atoms. The molecular weight excluding hydrogens is 513 g/mol. The molecule has 38 heavy (non-hydrogen) atoms. The fourth-order valence-corrected chi connectivity index (χ4v) is 3.92. The molecule has 3 aromatic rings. The number of esters is 2. The third-order valence-electron chi connectivity index (χ3n) is 5.75. The first kappa shape index (κ1) is 26.8. The largest absolute Gasteiger partial charge is 0.459 e. The summed E-state index contributed by atoms with van der Waals surface area (Å²) in [4.78, 5) is 51.1. The molecule has 10 nitrogen and oxygen atoms in total. The van der Waals surface area contributed by atoms with Crippen LogP contribution in [0.15, 0.2) is 76.4 Å². The zero-order valence-corrected chi connectivity index (χ0v) is 19.7. The fraction of sp³-hybridized carbons (Fsp3) is 0.280. The number of H-pyrrole nitrogens is 1. The molecule has 4 atom stereocenters. The molecule has 0 saturated carbocycles. The Bertz CT molecular complexity index is 1410. The molecule has 1 aliphatic rings. The summed E-state index contributed by atoms with van der Waals surface area (Å²) >= 11 is 0. The molecule has 0 aliphatic carbocycles. The molecule has 1 fully saturated rings. The Morgan fingerprint density at radius 2 is 1.53 bits per heavy atom. The Labute approximate surface area is 212 Å². The number of nitrogens with zero attached hydrogens (tertiary/aromatic N) is 1. The minimum absolute atomic E-state index is 0.159. The molecule has 0 unspecified atom stereocenters. The van der Waals surface area contributed by atoms with E-state index in [2.05, 4.69) is 0 Å². The van der Waals surface area contributed by atoms with Crippen LogP contribution in [0.2, 0.25) is 0 Å². The van der Waals surface area contributed by atoms with Crippen molar-refractivity contribution in [1.29, 1.82) is 0 Å². The van der Waals surface area contributed by atoms with Gasteiger partial charge in [-0.25, -0.2) is 14.4 Å². The van der Waals surface area contributed by atoms with Crippen molar-refractivity contribution in [3.8, 4) is 0 Å². The van der Waals surface area contributed by atoms with E-state index < -0.39 is 66.1 Å². The lowest BCUT2D eigenvalue weighted by molar-refractivity contribution is -0.140. The first-order chi connectivity index (χ1) is 18.1. The summed E-state index contributed by atoms with van der Waals surface area (Å²) in [5.74, 6) is -1.55. The van der Waals surface area contributed by atoms with Gasteiger partial charge in [0, 0.05) is 13.3 Å². The molecule has 0 radical (unpaired) electrons. The number of nitrogens with one attached hydrogen (secondary N) is 1. The van der Waals surface area contributed by atoms with Crippen molar-refractivity contribution in [1.82, 2.24) is 9.55 Å². The summed E-state index contributed by atoms with van der Waals surface area (Å²) in [7, 11) is 1.17. The lowest BCUT2D eigenvalue weighted by atomic mass is 10.1. The maximum Gasteiger partial charge on any atom is 0.423 e. The third-order valence-corrected chi connectivity index (χ3v) is 5.75. The normalized spacial score (nSPS) is 21.2. The lowest BCUT2D eigenvalue weighted by Gasteiger charge is -2.24. The van der Waals surface area contributed by atoms with Crippen molar-refractivity contribution >= 4 is 11.9 Å². The number of benzene rings is 2. The van der Waals surface area contributed by atoms with Crippen LogP contribution < -0.4 is 11.2 Å². The molecule has 1 aromatic heterocycles. The van der Waals surface area contributed by atoms with E-state index in [1.807, 2.05) is 0 Å². The standard InChI is InChI=1S/C25H21F3N2O8/c1-35-19-18(38-23(33)15-10-6-3-7-11-15)17(13-36-22(32)14-8-4-2-5-9-14)37-21(19)30-12-16(25(26,27)28)20(31)29-24(30)34/h2-12,17-19,21H,13H2,1H3,(H,29,31,34)/t17-,18-,19-,21-/m1/s1. The molecule has 0 amide bonds. The second-order valence-corrected chi connectivity index (χ2v) is 8.17. The number of ether oxygens (including phenoxy) is 4. The molecular formula is C25H21F3N2O8. The summed E-state index contributed by atoms with van der Waals surface area (Å²) in [6.45, 7) is -0.499.